The van der Waals surface area contributed by atoms with E-state index in [0.717, 1.165) is 22.4 Å². The summed E-state index contributed by atoms with van der Waals surface area (Å²) < 4.78 is 0. The summed E-state index contributed by atoms with van der Waals surface area (Å²) in [5.41, 5.74) is 14.4. The van der Waals surface area contributed by atoms with E-state index in [2.05, 4.69) is 179 Å². The molecule has 0 aliphatic heterocycles. The van der Waals surface area contributed by atoms with Crippen LogP contribution in [0.4, 0.5) is 0 Å². The van der Waals surface area contributed by atoms with Gasteiger partial charge in [0.25, 0.3) is 0 Å². The van der Waals surface area contributed by atoms with Crippen LogP contribution in [0.25, 0.3) is 43.8 Å². The molecule has 0 aliphatic carbocycles. The zero-order valence-electron chi connectivity index (χ0n) is 33.8. The monoisotopic (exact) mass is 824 g/mol. The van der Waals surface area contributed by atoms with Gasteiger partial charge in [-0.15, -0.1) is 69.1 Å². The van der Waals surface area contributed by atoms with Crippen molar-refractivity contribution >= 4 is 48.1 Å². The number of halogens is 2. The molecule has 2 radical (unpaired) electrons. The van der Waals surface area contributed by atoms with Crippen LogP contribution in [0.5, 0.6) is 0 Å². The molecule has 6 rings (SSSR count). The molecule has 0 atom stereocenters. The molecule has 0 amide bonds. The van der Waals surface area contributed by atoms with E-state index >= 15 is 0 Å². The van der Waals surface area contributed by atoms with Crippen molar-refractivity contribution < 1.29 is 20.8 Å². The van der Waals surface area contributed by atoms with Gasteiger partial charge >= 0.3 is 37.9 Å². The molecule has 0 fully saturated rings. The van der Waals surface area contributed by atoms with Crippen LogP contribution in [0.2, 0.25) is 13.1 Å². The molecule has 0 saturated carbocycles. The third kappa shape index (κ3) is 11.4. The number of hydrogen-bond acceptors (Lipinski definition) is 0. The Morgan fingerprint density at radius 3 is 1.19 bits per heavy atom. The third-order valence-corrected chi connectivity index (χ3v) is 9.42. The van der Waals surface area contributed by atoms with E-state index < -0.39 is 20.8 Å². The second-order valence-electron chi connectivity index (χ2n) is 15.9. The minimum absolute atomic E-state index is 0.133. The second-order valence-corrected chi connectivity index (χ2v) is 20.6. The van der Waals surface area contributed by atoms with Crippen molar-refractivity contribution in [2.75, 3.05) is 0 Å². The molecular formula is C48H60Cl2SiZr. The van der Waals surface area contributed by atoms with Crippen LogP contribution in [-0.4, -0.2) is 9.52 Å². The van der Waals surface area contributed by atoms with Gasteiger partial charge in [0.15, 0.2) is 0 Å². The Morgan fingerprint density at radius 1 is 0.577 bits per heavy atom. The number of rotatable bonds is 6. The van der Waals surface area contributed by atoms with E-state index in [1.54, 1.807) is 0 Å². The van der Waals surface area contributed by atoms with E-state index in [1.165, 1.54) is 90.0 Å². The number of hydrogen-bond donors (Lipinski definition) is 0. The molecule has 0 bridgehead atoms. The molecule has 0 spiro atoms. The van der Waals surface area contributed by atoms with E-state index in [1.807, 2.05) is 0 Å². The van der Waals surface area contributed by atoms with Gasteiger partial charge in [-0.25, -0.2) is 0 Å². The first kappa shape index (κ1) is 44.2. The zero-order chi connectivity index (χ0) is 38.6. The van der Waals surface area contributed by atoms with Gasteiger partial charge in [-0.2, -0.15) is 12.1 Å². The maximum absolute atomic E-state index is 4.93. The molecule has 0 heterocycles. The summed E-state index contributed by atoms with van der Waals surface area (Å²) in [5.74, 6) is 0. The predicted molar refractivity (Wildman–Crippen MR) is 234 cm³/mol. The van der Waals surface area contributed by atoms with Crippen LogP contribution in [0.3, 0.4) is 0 Å². The summed E-state index contributed by atoms with van der Waals surface area (Å²) in [6.45, 7) is 27.1. The average molecular weight is 827 g/mol. The quantitative estimate of drug-likeness (QED) is 0.116. The third-order valence-electron chi connectivity index (χ3n) is 9.42. The van der Waals surface area contributed by atoms with Crippen molar-refractivity contribution in [3.63, 3.8) is 0 Å². The van der Waals surface area contributed by atoms with Gasteiger partial charge in [0.1, 0.15) is 0 Å². The molecule has 0 saturated heterocycles. The first-order valence-corrected chi connectivity index (χ1v) is 27.1. The van der Waals surface area contributed by atoms with Crippen LogP contribution in [0.1, 0.15) is 102 Å². The van der Waals surface area contributed by atoms with Crippen LogP contribution in [-0.2, 0) is 44.5 Å². The predicted octanol–water partition coefficient (Wildman–Crippen LogP) is 15.7. The molecule has 0 nitrogen and oxygen atoms in total. The van der Waals surface area contributed by atoms with Crippen molar-refractivity contribution in [2.45, 2.75) is 119 Å². The minimum atomic E-state index is -0.826. The summed E-state index contributed by atoms with van der Waals surface area (Å²) in [4.78, 5) is 0. The van der Waals surface area contributed by atoms with E-state index in [0.29, 0.717) is 0 Å². The molecule has 6 aromatic rings. The van der Waals surface area contributed by atoms with Crippen molar-refractivity contribution in [3.05, 3.63) is 130 Å². The molecule has 0 unspecified atom stereocenters. The summed E-state index contributed by atoms with van der Waals surface area (Å²) >= 11 is -0.826. The Morgan fingerprint density at radius 2 is 0.904 bits per heavy atom. The molecule has 0 N–H and O–H groups in total. The van der Waals surface area contributed by atoms with E-state index in [4.69, 9.17) is 17.0 Å². The van der Waals surface area contributed by atoms with Crippen LogP contribution < -0.4 is 0 Å². The standard InChI is InChI=1S/2C23H27.C2H6Si.2ClH.Zr/c2*1-6-9-17-14-18-12-13-21(23(3,4)5)22(20(18)15-17)19-11-8-7-10-16(19)2;1-3-2;;;/h2*7-8,10-15H,6,9H2,1-5H3;1-2H3;2*1H;/q2*-1;;;;+4/p-2. The molecule has 274 valence electrons. The Labute approximate surface area is 338 Å². The Bertz CT molecular complexity index is 1850. The SMILES string of the molecule is CCCc1cc2c(-c3ccccc3C)c(C(C)(C)C)ccc2[cH-]1.CCCc1cc2c(-c3ccccc3C)c(C(C)(C)C)ccc2[cH-]1.C[Si]C.[Cl][Zr+2][Cl]. The zero-order valence-corrected chi connectivity index (χ0v) is 38.8. The number of aryl methyl sites for hydroxylation is 4. The Kier molecular flexibility index (Phi) is 17.4. The molecule has 4 heteroatoms. The molecule has 0 aromatic heterocycles. The fraction of sp³-hybridized carbons (Fsp3) is 0.375. The molecular weight excluding hydrogens is 767 g/mol. The number of fused-ring (bicyclic) bond motifs is 2. The summed E-state index contributed by atoms with van der Waals surface area (Å²) in [7, 11) is 11.0. The van der Waals surface area contributed by atoms with Gasteiger partial charge in [-0.05, 0) is 59.8 Å². The second kappa shape index (κ2) is 20.5. The summed E-state index contributed by atoms with van der Waals surface area (Å²) in [6.07, 6.45) is 4.71. The number of benzene rings is 4. The summed E-state index contributed by atoms with van der Waals surface area (Å²) in [6, 6.07) is 36.4. The first-order chi connectivity index (χ1) is 24.7. The van der Waals surface area contributed by atoms with Gasteiger partial charge in [0.05, 0.1) is 0 Å². The van der Waals surface area contributed by atoms with Gasteiger partial charge in [0, 0.05) is 9.52 Å². The van der Waals surface area contributed by atoms with Gasteiger partial charge < -0.3 is 0 Å². The topological polar surface area (TPSA) is 0 Å². The Hall–Kier alpha value is -2.22. The average Bonchev–Trinajstić information content (AvgIpc) is 3.69. The van der Waals surface area contributed by atoms with Gasteiger partial charge in [-0.1, -0.05) is 152 Å². The fourth-order valence-corrected chi connectivity index (χ4v) is 7.09. The van der Waals surface area contributed by atoms with Crippen molar-refractivity contribution in [1.82, 2.24) is 0 Å². The first-order valence-electron chi connectivity index (χ1n) is 18.8. The van der Waals surface area contributed by atoms with Gasteiger partial charge in [0.2, 0.25) is 0 Å². The van der Waals surface area contributed by atoms with Crippen molar-refractivity contribution in [2.24, 2.45) is 0 Å². The molecule has 0 aliphatic rings. The normalized spacial score (nSPS) is 11.2. The molecule has 52 heavy (non-hydrogen) atoms. The molecule has 6 aromatic carbocycles. The Balaban J connectivity index is 0.000000244. The van der Waals surface area contributed by atoms with Crippen LogP contribution >= 0.6 is 17.0 Å². The summed E-state index contributed by atoms with van der Waals surface area (Å²) in [5, 5.41) is 5.57. The van der Waals surface area contributed by atoms with Crippen LogP contribution in [0.15, 0.2) is 97.1 Å². The van der Waals surface area contributed by atoms with Crippen molar-refractivity contribution in [3.8, 4) is 22.3 Å². The van der Waals surface area contributed by atoms with E-state index in [9.17, 15) is 0 Å². The van der Waals surface area contributed by atoms with E-state index in [-0.39, 0.29) is 10.8 Å². The van der Waals surface area contributed by atoms with Crippen molar-refractivity contribution in [1.29, 1.82) is 0 Å². The fourth-order valence-electron chi connectivity index (χ4n) is 7.09. The maximum atomic E-state index is 4.93. The van der Waals surface area contributed by atoms with Gasteiger partial charge in [-0.3, -0.25) is 0 Å². The van der Waals surface area contributed by atoms with Crippen LogP contribution in [0, 0.1) is 13.8 Å².